The van der Waals surface area contributed by atoms with E-state index < -0.39 is 17.7 Å². The first-order valence-electron chi connectivity index (χ1n) is 4.85. The lowest BCUT2D eigenvalue weighted by Gasteiger charge is -2.13. The zero-order valence-electron chi connectivity index (χ0n) is 9.53. The molecule has 90 valence electrons. The molecule has 0 aliphatic carbocycles. The third-order valence-electron chi connectivity index (χ3n) is 1.76. The molecular formula is C10H15NO5. The second kappa shape index (κ2) is 4.98. The number of rotatable bonds is 4. The van der Waals surface area contributed by atoms with E-state index in [1.54, 1.807) is 13.8 Å². The summed E-state index contributed by atoms with van der Waals surface area (Å²) in [6.07, 6.45) is 1.08. The van der Waals surface area contributed by atoms with Crippen molar-refractivity contribution in [3.8, 4) is 0 Å². The first-order chi connectivity index (χ1) is 7.44. The van der Waals surface area contributed by atoms with Gasteiger partial charge in [-0.3, -0.25) is 4.79 Å². The van der Waals surface area contributed by atoms with Crippen LogP contribution in [0, 0.1) is 0 Å². The van der Waals surface area contributed by atoms with Crippen LogP contribution in [-0.4, -0.2) is 37.9 Å². The number of methoxy groups -OCH3 is 1. The number of ether oxygens (including phenoxy) is 3. The van der Waals surface area contributed by atoms with E-state index >= 15 is 0 Å². The molecule has 1 aliphatic rings. The number of esters is 1. The Morgan fingerprint density at radius 3 is 2.69 bits per heavy atom. The summed E-state index contributed by atoms with van der Waals surface area (Å²) in [6, 6.07) is 0. The SMILES string of the molecule is COCCNC(=O)C=C1OC(C)(C)OC1=O. The Labute approximate surface area is 93.5 Å². The summed E-state index contributed by atoms with van der Waals surface area (Å²) in [7, 11) is 1.53. The highest BCUT2D eigenvalue weighted by molar-refractivity contribution is 5.97. The van der Waals surface area contributed by atoms with E-state index in [1.807, 2.05) is 0 Å². The molecule has 0 aromatic rings. The second-order valence-corrected chi connectivity index (χ2v) is 3.68. The van der Waals surface area contributed by atoms with Gasteiger partial charge in [0.2, 0.25) is 17.5 Å². The van der Waals surface area contributed by atoms with Crippen molar-refractivity contribution in [2.24, 2.45) is 0 Å². The maximum Gasteiger partial charge on any atom is 0.377 e. The van der Waals surface area contributed by atoms with Crippen molar-refractivity contribution in [1.82, 2.24) is 5.32 Å². The molecule has 6 nitrogen and oxygen atoms in total. The fourth-order valence-corrected chi connectivity index (χ4v) is 1.14. The molecule has 0 atom stereocenters. The van der Waals surface area contributed by atoms with Crippen LogP contribution in [0.15, 0.2) is 11.8 Å². The molecule has 0 bridgehead atoms. The Bertz CT molecular complexity index is 321. The molecule has 1 aliphatic heterocycles. The van der Waals surface area contributed by atoms with Crippen molar-refractivity contribution in [2.75, 3.05) is 20.3 Å². The Morgan fingerprint density at radius 1 is 1.50 bits per heavy atom. The molecule has 1 heterocycles. The van der Waals surface area contributed by atoms with Gasteiger partial charge in [0, 0.05) is 27.5 Å². The van der Waals surface area contributed by atoms with Crippen LogP contribution >= 0.6 is 0 Å². The summed E-state index contributed by atoms with van der Waals surface area (Å²) < 4.78 is 14.7. The highest BCUT2D eigenvalue weighted by Crippen LogP contribution is 2.25. The largest absolute Gasteiger partial charge is 0.445 e. The van der Waals surface area contributed by atoms with Crippen LogP contribution in [0.2, 0.25) is 0 Å². The van der Waals surface area contributed by atoms with Crippen LogP contribution in [0.3, 0.4) is 0 Å². The van der Waals surface area contributed by atoms with Crippen molar-refractivity contribution in [3.05, 3.63) is 11.8 Å². The van der Waals surface area contributed by atoms with E-state index in [-0.39, 0.29) is 5.76 Å². The fourth-order valence-electron chi connectivity index (χ4n) is 1.14. The zero-order chi connectivity index (χ0) is 12.2. The average Bonchev–Trinajstić information content (AvgIpc) is 2.40. The van der Waals surface area contributed by atoms with Crippen LogP contribution in [0.4, 0.5) is 0 Å². The summed E-state index contributed by atoms with van der Waals surface area (Å²) in [5.41, 5.74) is 0. The number of hydrogen-bond donors (Lipinski definition) is 1. The fraction of sp³-hybridized carbons (Fsp3) is 0.600. The van der Waals surface area contributed by atoms with Gasteiger partial charge in [-0.05, 0) is 0 Å². The third-order valence-corrected chi connectivity index (χ3v) is 1.76. The Kier molecular flexibility index (Phi) is 3.89. The Hall–Kier alpha value is -1.56. The van der Waals surface area contributed by atoms with Crippen molar-refractivity contribution in [2.45, 2.75) is 19.6 Å². The Balaban J connectivity index is 2.51. The topological polar surface area (TPSA) is 73.9 Å². The summed E-state index contributed by atoms with van der Waals surface area (Å²) in [5, 5.41) is 2.53. The van der Waals surface area contributed by atoms with Gasteiger partial charge < -0.3 is 19.5 Å². The maximum atomic E-state index is 11.3. The molecule has 0 saturated carbocycles. The normalized spacial score (nSPS) is 20.4. The van der Waals surface area contributed by atoms with Gasteiger partial charge in [-0.1, -0.05) is 0 Å². The van der Waals surface area contributed by atoms with Gasteiger partial charge in [-0.25, -0.2) is 4.79 Å². The minimum Gasteiger partial charge on any atom is -0.445 e. The molecule has 0 aromatic carbocycles. The number of carbonyl (C=O) groups is 2. The highest BCUT2D eigenvalue weighted by Gasteiger charge is 2.37. The highest BCUT2D eigenvalue weighted by atomic mass is 16.8. The van der Waals surface area contributed by atoms with Crippen molar-refractivity contribution in [3.63, 3.8) is 0 Å². The number of hydrogen-bond acceptors (Lipinski definition) is 5. The number of cyclic esters (lactones) is 1. The van der Waals surface area contributed by atoms with Gasteiger partial charge >= 0.3 is 5.97 Å². The molecule has 16 heavy (non-hydrogen) atoms. The quantitative estimate of drug-likeness (QED) is 0.415. The summed E-state index contributed by atoms with van der Waals surface area (Å²) in [4.78, 5) is 22.5. The molecule has 1 saturated heterocycles. The standard InChI is InChI=1S/C10H15NO5/c1-10(2)15-7(9(13)16-10)6-8(12)11-4-5-14-3/h6H,4-5H2,1-3H3,(H,11,12). The average molecular weight is 229 g/mol. The summed E-state index contributed by atoms with van der Waals surface area (Å²) in [5.74, 6) is -2.14. The predicted molar refractivity (Wildman–Crippen MR) is 54.2 cm³/mol. The second-order valence-electron chi connectivity index (χ2n) is 3.68. The van der Waals surface area contributed by atoms with Gasteiger partial charge in [0.05, 0.1) is 12.7 Å². The molecule has 0 spiro atoms. The van der Waals surface area contributed by atoms with Crippen molar-refractivity contribution < 1.29 is 23.8 Å². The molecule has 6 heteroatoms. The monoisotopic (exact) mass is 229 g/mol. The van der Waals surface area contributed by atoms with Crippen molar-refractivity contribution in [1.29, 1.82) is 0 Å². The van der Waals surface area contributed by atoms with E-state index in [0.29, 0.717) is 13.2 Å². The number of carbonyl (C=O) groups excluding carboxylic acids is 2. The van der Waals surface area contributed by atoms with Gasteiger partial charge in [-0.15, -0.1) is 0 Å². The van der Waals surface area contributed by atoms with E-state index in [2.05, 4.69) is 5.32 Å². The number of nitrogens with one attached hydrogen (secondary N) is 1. The van der Waals surface area contributed by atoms with E-state index in [1.165, 1.54) is 7.11 Å². The summed E-state index contributed by atoms with van der Waals surface area (Å²) in [6.45, 7) is 3.96. The van der Waals surface area contributed by atoms with Gasteiger partial charge in [0.1, 0.15) is 0 Å². The number of amides is 1. The van der Waals surface area contributed by atoms with Crippen LogP contribution in [-0.2, 0) is 23.8 Å². The molecule has 1 rings (SSSR count). The molecular weight excluding hydrogens is 214 g/mol. The van der Waals surface area contributed by atoms with Crippen molar-refractivity contribution >= 4 is 11.9 Å². The maximum absolute atomic E-state index is 11.3. The first-order valence-corrected chi connectivity index (χ1v) is 4.85. The molecule has 1 amide bonds. The van der Waals surface area contributed by atoms with Gasteiger partial charge in [0.15, 0.2) is 0 Å². The van der Waals surface area contributed by atoms with Gasteiger partial charge in [0.25, 0.3) is 0 Å². The molecule has 1 fully saturated rings. The third kappa shape index (κ3) is 3.54. The van der Waals surface area contributed by atoms with Crippen LogP contribution in [0.1, 0.15) is 13.8 Å². The molecule has 0 aromatic heterocycles. The Morgan fingerprint density at radius 2 is 2.19 bits per heavy atom. The van der Waals surface area contributed by atoms with E-state index in [9.17, 15) is 9.59 Å². The zero-order valence-corrected chi connectivity index (χ0v) is 9.53. The molecule has 1 N–H and O–H groups in total. The van der Waals surface area contributed by atoms with Crippen LogP contribution < -0.4 is 5.32 Å². The molecule has 0 radical (unpaired) electrons. The van der Waals surface area contributed by atoms with E-state index in [4.69, 9.17) is 14.2 Å². The summed E-state index contributed by atoms with van der Waals surface area (Å²) >= 11 is 0. The minimum absolute atomic E-state index is 0.0834. The lowest BCUT2D eigenvalue weighted by Crippen LogP contribution is -2.25. The first kappa shape index (κ1) is 12.5. The predicted octanol–water partition coefficient (Wildman–Crippen LogP) is -0.0576. The van der Waals surface area contributed by atoms with Gasteiger partial charge in [-0.2, -0.15) is 0 Å². The smallest absolute Gasteiger partial charge is 0.377 e. The van der Waals surface area contributed by atoms with Crippen LogP contribution in [0.25, 0.3) is 0 Å². The molecule has 0 unspecified atom stereocenters. The van der Waals surface area contributed by atoms with Crippen LogP contribution in [0.5, 0.6) is 0 Å². The lowest BCUT2D eigenvalue weighted by molar-refractivity contribution is -0.159. The minimum atomic E-state index is -1.00. The lowest BCUT2D eigenvalue weighted by atomic mass is 10.4. The van der Waals surface area contributed by atoms with E-state index in [0.717, 1.165) is 6.08 Å².